The minimum Gasteiger partial charge on any atom is -0.493 e. The van der Waals surface area contributed by atoms with E-state index in [1.807, 2.05) is 0 Å². The molecule has 2 heteroatoms. The number of benzene rings is 1. The Morgan fingerprint density at radius 1 is 1.08 bits per heavy atom. The Kier molecular flexibility index (Phi) is 7.36. The second kappa shape index (κ2) is 9.27. The second-order valence-electron chi connectivity index (χ2n) is 8.28. The Labute approximate surface area is 154 Å². The minimum atomic E-state index is -0.0781. The average molecular weight is 342 g/mol. The van der Waals surface area contributed by atoms with Crippen molar-refractivity contribution in [2.75, 3.05) is 6.61 Å². The standard InChI is InChI=1S/C23H35NO/c1-5-18(3)15-23(17-24)13-11-21(12-14-23)20-7-9-22(10-8-20)25-16-19(4)6-2/h7-10,18-19,21H,5-6,11-16H2,1-4H3/t18?,19-,21-,23-/m1/s1. The number of nitrogens with zero attached hydrogens (tertiary/aromatic N) is 1. The highest BCUT2D eigenvalue weighted by Gasteiger charge is 2.36. The van der Waals surface area contributed by atoms with Crippen LogP contribution in [0, 0.1) is 28.6 Å². The largest absolute Gasteiger partial charge is 0.493 e. The molecule has 2 atom stereocenters. The summed E-state index contributed by atoms with van der Waals surface area (Å²) in [6, 6.07) is 11.4. The minimum absolute atomic E-state index is 0.0781. The third-order valence-corrected chi connectivity index (χ3v) is 6.20. The fourth-order valence-electron chi connectivity index (χ4n) is 3.87. The zero-order valence-corrected chi connectivity index (χ0v) is 16.6. The Morgan fingerprint density at radius 3 is 2.20 bits per heavy atom. The van der Waals surface area contributed by atoms with Crippen LogP contribution in [0.4, 0.5) is 0 Å². The zero-order chi connectivity index (χ0) is 18.3. The van der Waals surface area contributed by atoms with Gasteiger partial charge in [0, 0.05) is 0 Å². The van der Waals surface area contributed by atoms with Gasteiger partial charge in [0.2, 0.25) is 0 Å². The van der Waals surface area contributed by atoms with Crippen LogP contribution in [-0.2, 0) is 0 Å². The highest BCUT2D eigenvalue weighted by molar-refractivity contribution is 5.30. The molecule has 0 heterocycles. The fourth-order valence-corrected chi connectivity index (χ4v) is 3.87. The van der Waals surface area contributed by atoms with Gasteiger partial charge in [-0.15, -0.1) is 0 Å². The summed E-state index contributed by atoms with van der Waals surface area (Å²) < 4.78 is 5.86. The smallest absolute Gasteiger partial charge is 0.119 e. The van der Waals surface area contributed by atoms with Gasteiger partial charge in [0.15, 0.2) is 0 Å². The van der Waals surface area contributed by atoms with Gasteiger partial charge in [-0.3, -0.25) is 0 Å². The lowest BCUT2D eigenvalue weighted by molar-refractivity contribution is 0.198. The lowest BCUT2D eigenvalue weighted by Crippen LogP contribution is -2.27. The molecule has 1 aromatic carbocycles. The highest BCUT2D eigenvalue weighted by Crippen LogP contribution is 2.46. The third-order valence-electron chi connectivity index (χ3n) is 6.20. The first kappa shape index (κ1) is 19.8. The van der Waals surface area contributed by atoms with Crippen molar-refractivity contribution in [1.82, 2.24) is 0 Å². The molecule has 1 aliphatic carbocycles. The molecule has 1 aromatic rings. The summed E-state index contributed by atoms with van der Waals surface area (Å²) >= 11 is 0. The maximum absolute atomic E-state index is 9.74. The summed E-state index contributed by atoms with van der Waals surface area (Å²) in [5.74, 6) is 2.82. The molecule has 1 unspecified atom stereocenters. The van der Waals surface area contributed by atoms with Crippen LogP contribution in [0.2, 0.25) is 0 Å². The third kappa shape index (κ3) is 5.50. The molecule has 0 radical (unpaired) electrons. The van der Waals surface area contributed by atoms with Gasteiger partial charge in [-0.25, -0.2) is 0 Å². The molecule has 1 saturated carbocycles. The SMILES string of the molecule is CCC(C)C[C@]1(C#N)CC[C@H](c2ccc(OC[C@H](C)CC)cc2)CC1. The first-order valence-corrected chi connectivity index (χ1v) is 10.2. The van der Waals surface area contributed by atoms with E-state index in [4.69, 9.17) is 4.74 Å². The van der Waals surface area contributed by atoms with E-state index in [1.165, 1.54) is 12.0 Å². The summed E-state index contributed by atoms with van der Waals surface area (Å²) in [5.41, 5.74) is 1.33. The maximum atomic E-state index is 9.74. The Balaban J connectivity index is 1.91. The van der Waals surface area contributed by atoms with Crippen molar-refractivity contribution in [3.05, 3.63) is 29.8 Å². The van der Waals surface area contributed by atoms with Gasteiger partial charge in [0.05, 0.1) is 18.1 Å². The molecule has 0 saturated heterocycles. The zero-order valence-electron chi connectivity index (χ0n) is 16.6. The Morgan fingerprint density at radius 2 is 1.68 bits per heavy atom. The van der Waals surface area contributed by atoms with Crippen molar-refractivity contribution < 1.29 is 4.74 Å². The Hall–Kier alpha value is -1.49. The van der Waals surface area contributed by atoms with Crippen LogP contribution in [0.25, 0.3) is 0 Å². The lowest BCUT2D eigenvalue weighted by Gasteiger charge is -2.36. The van der Waals surface area contributed by atoms with E-state index in [0.717, 1.165) is 50.9 Å². The molecular formula is C23H35NO. The van der Waals surface area contributed by atoms with Crippen LogP contribution in [0.1, 0.15) is 84.1 Å². The van der Waals surface area contributed by atoms with Crippen molar-refractivity contribution in [1.29, 1.82) is 5.26 Å². The number of hydrogen-bond acceptors (Lipinski definition) is 2. The maximum Gasteiger partial charge on any atom is 0.119 e. The van der Waals surface area contributed by atoms with Crippen LogP contribution in [0.3, 0.4) is 0 Å². The van der Waals surface area contributed by atoms with Crippen molar-refractivity contribution in [2.45, 2.75) is 78.6 Å². The summed E-state index contributed by atoms with van der Waals surface area (Å²) in [5, 5.41) is 9.74. The molecule has 0 aliphatic heterocycles. The number of nitriles is 1. The molecule has 138 valence electrons. The Bertz CT molecular complexity index is 548. The van der Waals surface area contributed by atoms with Gasteiger partial charge in [0.1, 0.15) is 5.75 Å². The van der Waals surface area contributed by atoms with Crippen LogP contribution < -0.4 is 4.74 Å². The summed E-state index contributed by atoms with van der Waals surface area (Å²) in [7, 11) is 0. The summed E-state index contributed by atoms with van der Waals surface area (Å²) in [4.78, 5) is 0. The van der Waals surface area contributed by atoms with E-state index in [0.29, 0.717) is 17.8 Å². The van der Waals surface area contributed by atoms with Crippen molar-refractivity contribution in [2.24, 2.45) is 17.3 Å². The molecule has 0 aromatic heterocycles. The summed E-state index contributed by atoms with van der Waals surface area (Å²) in [6.45, 7) is 9.72. The predicted octanol–water partition coefficient (Wildman–Crippen LogP) is 6.72. The van der Waals surface area contributed by atoms with Gasteiger partial charge < -0.3 is 4.74 Å². The van der Waals surface area contributed by atoms with Gasteiger partial charge >= 0.3 is 0 Å². The second-order valence-corrected chi connectivity index (χ2v) is 8.28. The van der Waals surface area contributed by atoms with Gasteiger partial charge in [-0.05, 0) is 67.6 Å². The molecule has 2 rings (SSSR count). The van der Waals surface area contributed by atoms with E-state index in [1.54, 1.807) is 0 Å². The van der Waals surface area contributed by atoms with Crippen molar-refractivity contribution >= 4 is 0 Å². The lowest BCUT2D eigenvalue weighted by atomic mass is 9.66. The normalized spacial score (nSPS) is 25.8. The number of rotatable bonds is 8. The van der Waals surface area contributed by atoms with Gasteiger partial charge in [-0.1, -0.05) is 52.7 Å². The number of hydrogen-bond donors (Lipinski definition) is 0. The molecule has 0 spiro atoms. The van der Waals surface area contributed by atoms with E-state index in [2.05, 4.69) is 58.0 Å². The number of ether oxygens (including phenoxy) is 1. The molecule has 0 N–H and O–H groups in total. The summed E-state index contributed by atoms with van der Waals surface area (Å²) in [6.07, 6.45) is 7.75. The highest BCUT2D eigenvalue weighted by atomic mass is 16.5. The molecule has 1 fully saturated rings. The van der Waals surface area contributed by atoms with E-state index >= 15 is 0 Å². The van der Waals surface area contributed by atoms with E-state index < -0.39 is 0 Å². The molecule has 1 aliphatic rings. The van der Waals surface area contributed by atoms with Crippen LogP contribution in [0.15, 0.2) is 24.3 Å². The first-order valence-electron chi connectivity index (χ1n) is 10.2. The van der Waals surface area contributed by atoms with E-state index in [9.17, 15) is 5.26 Å². The van der Waals surface area contributed by atoms with Crippen LogP contribution >= 0.6 is 0 Å². The van der Waals surface area contributed by atoms with Crippen molar-refractivity contribution in [3.8, 4) is 11.8 Å². The molecule has 2 nitrogen and oxygen atoms in total. The predicted molar refractivity (Wildman–Crippen MR) is 105 cm³/mol. The van der Waals surface area contributed by atoms with Crippen LogP contribution in [-0.4, -0.2) is 6.61 Å². The molecule has 0 bridgehead atoms. The first-order chi connectivity index (χ1) is 12.0. The molecule has 25 heavy (non-hydrogen) atoms. The fraction of sp³-hybridized carbons (Fsp3) is 0.696. The molecular weight excluding hydrogens is 306 g/mol. The van der Waals surface area contributed by atoms with Gasteiger partial charge in [-0.2, -0.15) is 5.26 Å². The van der Waals surface area contributed by atoms with E-state index in [-0.39, 0.29) is 5.41 Å². The molecule has 0 amide bonds. The monoisotopic (exact) mass is 341 g/mol. The van der Waals surface area contributed by atoms with Gasteiger partial charge in [0.25, 0.3) is 0 Å². The van der Waals surface area contributed by atoms with Crippen molar-refractivity contribution in [3.63, 3.8) is 0 Å². The topological polar surface area (TPSA) is 33.0 Å². The van der Waals surface area contributed by atoms with Crippen LogP contribution in [0.5, 0.6) is 5.75 Å². The quantitative estimate of drug-likeness (QED) is 0.526. The average Bonchev–Trinajstić information content (AvgIpc) is 2.67.